The van der Waals surface area contributed by atoms with E-state index >= 15 is 0 Å². The predicted molar refractivity (Wildman–Crippen MR) is 112 cm³/mol. The number of ether oxygens (including phenoxy) is 1. The Bertz CT molecular complexity index is 418. The van der Waals surface area contributed by atoms with Gasteiger partial charge in [0.05, 0.1) is 25.3 Å². The van der Waals surface area contributed by atoms with Gasteiger partial charge in [-0.05, 0) is 32.1 Å². The molecule has 0 saturated carbocycles. The van der Waals surface area contributed by atoms with Crippen molar-refractivity contribution in [2.24, 2.45) is 11.8 Å². The van der Waals surface area contributed by atoms with Crippen molar-refractivity contribution in [1.29, 1.82) is 0 Å². The van der Waals surface area contributed by atoms with Gasteiger partial charge in [-0.2, -0.15) is 0 Å². The highest BCUT2D eigenvalue weighted by Crippen LogP contribution is 2.08. The van der Waals surface area contributed by atoms with Crippen LogP contribution in [-0.4, -0.2) is 54.6 Å². The van der Waals surface area contributed by atoms with E-state index in [1.54, 1.807) is 6.92 Å². The quantitative estimate of drug-likeness (QED) is 0.279. The minimum Gasteiger partial charge on any atom is -0.391 e. The molecule has 2 amide bonds. The second-order valence-electron chi connectivity index (χ2n) is 8.26. The fourth-order valence-electron chi connectivity index (χ4n) is 1.77. The van der Waals surface area contributed by atoms with E-state index in [0.29, 0.717) is 25.4 Å². The van der Waals surface area contributed by atoms with Crippen LogP contribution in [0.15, 0.2) is 0 Å². The molecule has 0 bridgehead atoms. The molecule has 1 aliphatic heterocycles. The van der Waals surface area contributed by atoms with Crippen LogP contribution < -0.4 is 10.6 Å². The van der Waals surface area contributed by atoms with E-state index in [1.807, 2.05) is 6.92 Å². The number of nitrogens with one attached hydrogen (secondary N) is 2. The number of unbranched alkanes of at least 4 members (excludes halogenated alkanes) is 1. The van der Waals surface area contributed by atoms with Gasteiger partial charge in [-0.1, -0.05) is 47.5 Å². The maximum atomic E-state index is 11.4. The minimum atomic E-state index is -0.482. The van der Waals surface area contributed by atoms with Gasteiger partial charge in [-0.15, -0.1) is 0 Å². The Balaban J connectivity index is 0. The van der Waals surface area contributed by atoms with Crippen molar-refractivity contribution in [3.05, 3.63) is 0 Å². The molecule has 3 N–H and O–H groups in total. The first-order chi connectivity index (χ1) is 13.0. The van der Waals surface area contributed by atoms with Crippen molar-refractivity contribution in [3.8, 4) is 0 Å². The number of carbonyl (C=O) groups excluding carboxylic acids is 3. The number of ketones is 1. The predicted octanol–water partition coefficient (Wildman–Crippen LogP) is 2.45. The van der Waals surface area contributed by atoms with Gasteiger partial charge in [-0.3, -0.25) is 14.4 Å². The van der Waals surface area contributed by atoms with E-state index in [4.69, 9.17) is 0 Å². The Labute approximate surface area is 171 Å². The van der Waals surface area contributed by atoms with Crippen LogP contribution in [0.2, 0.25) is 0 Å². The topological polar surface area (TPSA) is 108 Å². The first-order valence-corrected chi connectivity index (χ1v) is 10.3. The molecule has 166 valence electrons. The lowest BCUT2D eigenvalue weighted by atomic mass is 10.1. The summed E-state index contributed by atoms with van der Waals surface area (Å²) >= 11 is 0. The zero-order valence-electron chi connectivity index (χ0n) is 18.8. The molecule has 0 aromatic heterocycles. The van der Waals surface area contributed by atoms with E-state index < -0.39 is 6.10 Å². The van der Waals surface area contributed by atoms with Crippen LogP contribution in [0.3, 0.4) is 0 Å². The fourth-order valence-corrected chi connectivity index (χ4v) is 1.77. The third-order valence-corrected chi connectivity index (χ3v) is 3.60. The molecule has 3 unspecified atom stereocenters. The van der Waals surface area contributed by atoms with Crippen LogP contribution in [0.4, 0.5) is 0 Å². The number of hydrogen-bond donors (Lipinski definition) is 3. The molecule has 7 nitrogen and oxygen atoms in total. The normalized spacial score (nSPS) is 16.7. The van der Waals surface area contributed by atoms with E-state index in [0.717, 1.165) is 18.8 Å². The number of Topliss-reactive ketones (excluding diaryl/α,β-unsaturated/α-hetero) is 1. The largest absolute Gasteiger partial charge is 0.391 e. The lowest BCUT2D eigenvalue weighted by Crippen LogP contribution is -2.39. The van der Waals surface area contributed by atoms with Crippen molar-refractivity contribution >= 4 is 18.1 Å². The maximum Gasteiger partial charge on any atom is 0.220 e. The van der Waals surface area contributed by atoms with Crippen LogP contribution in [0.1, 0.15) is 74.1 Å². The average molecular weight is 403 g/mol. The van der Waals surface area contributed by atoms with Crippen LogP contribution in [0, 0.1) is 11.8 Å². The molecular weight excluding hydrogens is 360 g/mol. The van der Waals surface area contributed by atoms with Crippen LogP contribution in [0.5, 0.6) is 0 Å². The Morgan fingerprint density at radius 1 is 1.11 bits per heavy atom. The zero-order chi connectivity index (χ0) is 22.1. The molecule has 0 aromatic rings. The monoisotopic (exact) mass is 402 g/mol. The molecule has 1 rings (SSSR count). The highest BCUT2D eigenvalue weighted by molar-refractivity contribution is 5.88. The molecule has 1 fully saturated rings. The first-order valence-electron chi connectivity index (χ1n) is 10.3. The van der Waals surface area contributed by atoms with Gasteiger partial charge in [0.15, 0.2) is 5.78 Å². The summed E-state index contributed by atoms with van der Waals surface area (Å²) in [5, 5.41) is 14.2. The number of epoxide rings is 1. The van der Waals surface area contributed by atoms with Gasteiger partial charge in [0.1, 0.15) is 6.10 Å². The molecule has 3 atom stereocenters. The van der Waals surface area contributed by atoms with Crippen molar-refractivity contribution in [2.45, 2.75) is 92.4 Å². The van der Waals surface area contributed by atoms with Gasteiger partial charge in [-0.25, -0.2) is 0 Å². The Morgan fingerprint density at radius 3 is 2.04 bits per heavy atom. The molecule has 1 saturated heterocycles. The maximum absolute atomic E-state index is 11.4. The van der Waals surface area contributed by atoms with Gasteiger partial charge in [0, 0.05) is 6.42 Å². The van der Waals surface area contributed by atoms with Gasteiger partial charge >= 0.3 is 0 Å². The highest BCUT2D eigenvalue weighted by atomic mass is 16.6. The van der Waals surface area contributed by atoms with Crippen molar-refractivity contribution < 1.29 is 24.2 Å². The van der Waals surface area contributed by atoms with Crippen molar-refractivity contribution in [1.82, 2.24) is 10.6 Å². The van der Waals surface area contributed by atoms with Crippen LogP contribution >= 0.6 is 0 Å². The summed E-state index contributed by atoms with van der Waals surface area (Å²) in [7, 11) is 0. The highest BCUT2D eigenvalue weighted by Gasteiger charge is 2.30. The summed E-state index contributed by atoms with van der Waals surface area (Å²) in [4.78, 5) is 31.6. The Hall–Kier alpha value is -1.47. The van der Waals surface area contributed by atoms with Crippen molar-refractivity contribution in [2.75, 3.05) is 13.2 Å². The smallest absolute Gasteiger partial charge is 0.220 e. The summed E-state index contributed by atoms with van der Waals surface area (Å²) in [6.45, 7) is 15.0. The van der Waals surface area contributed by atoms with Crippen LogP contribution in [0.25, 0.3) is 0 Å². The number of rotatable bonds is 11. The number of aliphatic hydroxyl groups excluding tert-OH is 1. The molecule has 0 aliphatic carbocycles. The molecular formula is C21H42N2O5. The molecule has 1 heterocycles. The number of aliphatic hydroxyl groups is 1. The molecule has 0 radical (unpaired) electrons. The summed E-state index contributed by atoms with van der Waals surface area (Å²) in [5.74, 6) is 1.54. The van der Waals surface area contributed by atoms with Crippen molar-refractivity contribution in [3.63, 3.8) is 0 Å². The fraction of sp³-hybridized carbons (Fsp3) is 0.857. The van der Waals surface area contributed by atoms with Gasteiger partial charge in [0.2, 0.25) is 12.3 Å². The minimum absolute atomic E-state index is 0.0483. The number of amides is 2. The lowest BCUT2D eigenvalue weighted by molar-refractivity contribution is -0.122. The van der Waals surface area contributed by atoms with E-state index in [1.165, 1.54) is 6.42 Å². The first kappa shape index (κ1) is 28.7. The summed E-state index contributed by atoms with van der Waals surface area (Å²) in [6.07, 6.45) is 3.58. The van der Waals surface area contributed by atoms with E-state index in [9.17, 15) is 19.5 Å². The SMILES string of the molecule is CC(C)C.CC(C)CCCCC(=O)NC(C)C(C)O.O=CNCC(=O)C1CO1. The molecule has 0 aromatic carbocycles. The van der Waals surface area contributed by atoms with Crippen LogP contribution in [-0.2, 0) is 19.1 Å². The lowest BCUT2D eigenvalue weighted by Gasteiger charge is -2.16. The molecule has 0 spiro atoms. The molecule has 1 aliphatic rings. The summed E-state index contributed by atoms with van der Waals surface area (Å²) in [6, 6.07) is -0.150. The van der Waals surface area contributed by atoms with Gasteiger partial charge < -0.3 is 20.5 Å². The molecule has 28 heavy (non-hydrogen) atoms. The number of hydrogen-bond acceptors (Lipinski definition) is 5. The average Bonchev–Trinajstić information content (AvgIpc) is 3.41. The summed E-state index contributed by atoms with van der Waals surface area (Å²) in [5.41, 5.74) is 0. The second-order valence-corrected chi connectivity index (χ2v) is 8.26. The zero-order valence-corrected chi connectivity index (χ0v) is 18.8. The third-order valence-electron chi connectivity index (χ3n) is 3.60. The standard InChI is InChI=1S/C12H25NO2.C5H7NO3.C4H10/c1-9(2)7-5-6-8-12(15)13-10(3)11(4)14;7-3-6-1-4(8)5-2-9-5;1-4(2)3/h9-11,14H,5-8H2,1-4H3,(H,13,15);3,5H,1-2H2,(H,6,7);4H,1-3H3. The number of carbonyl (C=O) groups is 3. The molecule has 7 heteroatoms. The third kappa shape index (κ3) is 22.6. The Morgan fingerprint density at radius 2 is 1.64 bits per heavy atom. The van der Waals surface area contributed by atoms with E-state index in [2.05, 4.69) is 50.0 Å². The summed E-state index contributed by atoms with van der Waals surface area (Å²) < 4.78 is 4.66. The van der Waals surface area contributed by atoms with Gasteiger partial charge in [0.25, 0.3) is 0 Å². The Kier molecular flexibility index (Phi) is 18.1. The van der Waals surface area contributed by atoms with E-state index in [-0.39, 0.29) is 30.4 Å². The second kappa shape index (κ2) is 17.6.